The fourth-order valence-electron chi connectivity index (χ4n) is 5.22. The first kappa shape index (κ1) is 33.9. The van der Waals surface area contributed by atoms with E-state index in [2.05, 4.69) is 10.1 Å². The Morgan fingerprint density at radius 2 is 1.52 bits per heavy atom. The number of nitrogens with zero attached hydrogens (tertiary/aromatic N) is 2. The molecule has 1 aliphatic heterocycles. The molecular weight excluding hydrogens is 633 g/mol. The molecule has 0 saturated carbocycles. The second-order valence-corrected chi connectivity index (χ2v) is 11.4. The van der Waals surface area contributed by atoms with Crippen molar-refractivity contribution in [3.05, 3.63) is 99.0 Å². The smallest absolute Gasteiger partial charge is 0.416 e. The molecule has 1 saturated heterocycles. The number of benzene rings is 3. The van der Waals surface area contributed by atoms with Crippen LogP contribution in [-0.2, 0) is 22.8 Å². The number of ether oxygens (including phenoxy) is 1. The lowest BCUT2D eigenvalue weighted by Crippen LogP contribution is -2.43. The molecule has 13 heteroatoms. The average molecular weight is 663 g/mol. The van der Waals surface area contributed by atoms with Crippen LogP contribution < -0.4 is 4.74 Å². The van der Waals surface area contributed by atoms with Crippen LogP contribution in [0.15, 0.2) is 71.9 Å². The minimum atomic E-state index is -5.02. The zero-order valence-electron chi connectivity index (χ0n) is 23.6. The molecule has 3 aromatic carbocycles. The molecule has 0 radical (unpaired) electrons. The van der Waals surface area contributed by atoms with E-state index in [-0.39, 0.29) is 16.8 Å². The Morgan fingerprint density at radius 3 is 2.07 bits per heavy atom. The van der Waals surface area contributed by atoms with Gasteiger partial charge >= 0.3 is 12.4 Å². The summed E-state index contributed by atoms with van der Waals surface area (Å²) >= 11 is 12.4. The summed E-state index contributed by atoms with van der Waals surface area (Å²) in [6.07, 6.45) is -8.61. The van der Waals surface area contributed by atoms with Gasteiger partial charge in [-0.05, 0) is 67.3 Å². The highest BCUT2D eigenvalue weighted by molar-refractivity contribution is 6.42. The fraction of sp³-hybridized carbons (Fsp3) is 0.387. The van der Waals surface area contributed by atoms with Gasteiger partial charge in [0, 0.05) is 19.0 Å². The van der Waals surface area contributed by atoms with E-state index in [0.29, 0.717) is 61.6 Å². The quantitative estimate of drug-likeness (QED) is 0.134. The van der Waals surface area contributed by atoms with Crippen molar-refractivity contribution < 1.29 is 41.0 Å². The predicted molar refractivity (Wildman–Crippen MR) is 156 cm³/mol. The van der Waals surface area contributed by atoms with Crippen molar-refractivity contribution in [3.63, 3.8) is 0 Å². The number of halogens is 8. The molecule has 0 aliphatic carbocycles. The normalized spacial score (nSPS) is 16.9. The van der Waals surface area contributed by atoms with Crippen LogP contribution in [-0.4, -0.2) is 49.1 Å². The molecule has 1 N–H and O–H groups in total. The van der Waals surface area contributed by atoms with Crippen LogP contribution in [0.1, 0.15) is 47.4 Å². The maximum atomic E-state index is 13.4. The number of alkyl halides is 6. The molecule has 0 amide bonds. The fourth-order valence-corrected chi connectivity index (χ4v) is 5.53. The predicted octanol–water partition coefficient (Wildman–Crippen LogP) is 8.57. The van der Waals surface area contributed by atoms with E-state index in [0.717, 1.165) is 5.56 Å². The summed E-state index contributed by atoms with van der Waals surface area (Å²) in [6, 6.07) is 15.4. The highest BCUT2D eigenvalue weighted by Gasteiger charge is 2.38. The molecule has 1 fully saturated rings. The molecule has 1 heterocycles. The summed E-state index contributed by atoms with van der Waals surface area (Å²) in [6.45, 7) is 1.25. The van der Waals surface area contributed by atoms with Crippen molar-refractivity contribution in [2.45, 2.75) is 43.1 Å². The highest BCUT2D eigenvalue weighted by Crippen LogP contribution is 2.39. The third kappa shape index (κ3) is 8.59. The van der Waals surface area contributed by atoms with Crippen LogP contribution in [0.3, 0.4) is 0 Å². The molecule has 44 heavy (non-hydrogen) atoms. The summed E-state index contributed by atoms with van der Waals surface area (Å²) in [5.74, 6) is -1.17. The Balaban J connectivity index is 1.55. The lowest BCUT2D eigenvalue weighted by atomic mass is 9.84. The molecule has 1 unspecified atom stereocenters. The van der Waals surface area contributed by atoms with Crippen LogP contribution in [0.25, 0.3) is 0 Å². The number of aliphatic hydroxyl groups is 1. The largest absolute Gasteiger partial charge is 0.487 e. The summed E-state index contributed by atoms with van der Waals surface area (Å²) in [5, 5.41) is 15.8. The van der Waals surface area contributed by atoms with Crippen LogP contribution in [0.2, 0.25) is 10.0 Å². The molecule has 0 aromatic heterocycles. The van der Waals surface area contributed by atoms with Crippen molar-refractivity contribution in [1.82, 2.24) is 4.90 Å². The molecule has 3 aromatic rings. The number of hydrogen-bond acceptors (Lipinski definition) is 5. The number of piperidine rings is 1. The summed E-state index contributed by atoms with van der Waals surface area (Å²) in [7, 11) is 1.27. The molecule has 0 spiro atoms. The van der Waals surface area contributed by atoms with E-state index < -0.39 is 47.4 Å². The molecule has 238 valence electrons. The van der Waals surface area contributed by atoms with E-state index in [1.165, 1.54) is 7.11 Å². The van der Waals surface area contributed by atoms with E-state index >= 15 is 0 Å². The van der Waals surface area contributed by atoms with Crippen LogP contribution >= 0.6 is 23.2 Å². The molecule has 1 aliphatic rings. The van der Waals surface area contributed by atoms with Gasteiger partial charge < -0.3 is 19.6 Å². The van der Waals surface area contributed by atoms with Crippen molar-refractivity contribution in [3.8, 4) is 5.75 Å². The van der Waals surface area contributed by atoms with Crippen molar-refractivity contribution in [1.29, 1.82) is 0 Å². The van der Waals surface area contributed by atoms with Gasteiger partial charge in [0.1, 0.15) is 25.2 Å². The van der Waals surface area contributed by atoms with Gasteiger partial charge in [-0.15, -0.1) is 0 Å². The van der Waals surface area contributed by atoms with Gasteiger partial charge in [-0.3, -0.25) is 0 Å². The van der Waals surface area contributed by atoms with Gasteiger partial charge in [-0.1, -0.05) is 64.8 Å². The molecule has 5 nitrogen and oxygen atoms in total. The van der Waals surface area contributed by atoms with Crippen LogP contribution in [0.4, 0.5) is 26.3 Å². The second-order valence-electron chi connectivity index (χ2n) is 10.5. The minimum Gasteiger partial charge on any atom is -0.487 e. The first-order valence-electron chi connectivity index (χ1n) is 13.7. The number of hydrogen-bond donors (Lipinski definition) is 1. The zero-order valence-corrected chi connectivity index (χ0v) is 25.1. The lowest BCUT2D eigenvalue weighted by molar-refractivity contribution is -0.143. The Kier molecular flexibility index (Phi) is 10.8. The van der Waals surface area contributed by atoms with E-state index in [4.69, 9.17) is 32.8 Å². The van der Waals surface area contributed by atoms with Gasteiger partial charge in [-0.2, -0.15) is 26.3 Å². The molecule has 0 bridgehead atoms. The van der Waals surface area contributed by atoms with Gasteiger partial charge in [0.15, 0.2) is 0 Å². The first-order chi connectivity index (χ1) is 20.7. The van der Waals surface area contributed by atoms with Crippen LogP contribution in [0.5, 0.6) is 5.75 Å². The van der Waals surface area contributed by atoms with Crippen LogP contribution in [0, 0.1) is 0 Å². The van der Waals surface area contributed by atoms with Crippen molar-refractivity contribution in [2.75, 3.05) is 33.4 Å². The van der Waals surface area contributed by atoms with E-state index in [1.807, 2.05) is 30.3 Å². The Hall–Kier alpha value is -2.99. The monoisotopic (exact) mass is 662 g/mol. The SMILES string of the molecule is CO/N=C(\COc1cc(C(F)(F)F)cc(C(F)(F)F)c1)C(CCN1CCC(O)(c2ccccc2)CC1)c1ccc(Cl)c(Cl)c1. The molecular formula is C31H30Cl2F6N2O3. The third-order valence-corrected chi connectivity index (χ3v) is 8.37. The average Bonchev–Trinajstić information content (AvgIpc) is 2.98. The Morgan fingerprint density at radius 1 is 0.909 bits per heavy atom. The standard InChI is InChI=1S/C31H30Cl2F6N2O3/c1-43-40-28(19-44-24-17-22(30(34,35)36)16-23(18-24)31(37,38)39)25(20-7-8-26(32)27(33)15-20)9-12-41-13-10-29(42,11-14-41)21-5-3-2-4-6-21/h2-8,15-18,25,42H,9-14,19H2,1H3/b40-28+. The van der Waals surface area contributed by atoms with Crippen molar-refractivity contribution >= 4 is 28.9 Å². The second kappa shape index (κ2) is 14.0. The highest BCUT2D eigenvalue weighted by atomic mass is 35.5. The van der Waals surface area contributed by atoms with E-state index in [1.54, 1.807) is 18.2 Å². The zero-order chi connectivity index (χ0) is 32.1. The number of oxime groups is 1. The van der Waals surface area contributed by atoms with E-state index in [9.17, 15) is 31.4 Å². The first-order valence-corrected chi connectivity index (χ1v) is 14.4. The third-order valence-electron chi connectivity index (χ3n) is 7.63. The van der Waals surface area contributed by atoms with Gasteiger partial charge in [-0.25, -0.2) is 0 Å². The Bertz CT molecular complexity index is 1410. The molecule has 1 atom stereocenters. The van der Waals surface area contributed by atoms with Gasteiger partial charge in [0.2, 0.25) is 0 Å². The van der Waals surface area contributed by atoms with Crippen molar-refractivity contribution in [2.24, 2.45) is 5.16 Å². The molecule has 4 rings (SSSR count). The maximum absolute atomic E-state index is 13.4. The maximum Gasteiger partial charge on any atom is 0.416 e. The number of likely N-dealkylation sites (tertiary alicyclic amines) is 1. The number of rotatable bonds is 10. The lowest BCUT2D eigenvalue weighted by Gasteiger charge is -2.39. The minimum absolute atomic E-state index is 0.0347. The topological polar surface area (TPSA) is 54.3 Å². The summed E-state index contributed by atoms with van der Waals surface area (Å²) < 4.78 is 85.8. The summed E-state index contributed by atoms with van der Waals surface area (Å²) in [5.41, 5.74) is -2.21. The Labute approximate surface area is 261 Å². The summed E-state index contributed by atoms with van der Waals surface area (Å²) in [4.78, 5) is 7.18. The van der Waals surface area contributed by atoms with Gasteiger partial charge in [0.05, 0.1) is 26.8 Å². The van der Waals surface area contributed by atoms with Gasteiger partial charge in [0.25, 0.3) is 0 Å².